The fourth-order valence-corrected chi connectivity index (χ4v) is 3.78. The van der Waals surface area contributed by atoms with Gasteiger partial charge in [-0.2, -0.15) is 0 Å². The Morgan fingerprint density at radius 3 is 2.96 bits per heavy atom. The predicted molar refractivity (Wildman–Crippen MR) is 106 cm³/mol. The smallest absolute Gasteiger partial charge is 0.244 e. The molecule has 3 heteroatoms. The number of pyridine rings is 1. The second-order valence-electron chi connectivity index (χ2n) is 6.79. The Bertz CT molecular complexity index is 956. The number of aryl methyl sites for hydroxylation is 1. The van der Waals surface area contributed by atoms with Crippen LogP contribution >= 0.6 is 0 Å². The third-order valence-corrected chi connectivity index (χ3v) is 5.09. The SMILES string of the molecule is O=C(/C=C\c1cccc2cccnc12)NC[C@H]1CCCc2ccccc21. The molecule has 2 aromatic carbocycles. The highest BCUT2D eigenvalue weighted by molar-refractivity contribution is 5.95. The molecule has 0 unspecified atom stereocenters. The van der Waals surface area contributed by atoms with Crippen LogP contribution in [-0.2, 0) is 11.2 Å². The second-order valence-corrected chi connectivity index (χ2v) is 6.79. The van der Waals surface area contributed by atoms with Gasteiger partial charge in [-0.15, -0.1) is 0 Å². The molecule has 0 aliphatic heterocycles. The maximum absolute atomic E-state index is 12.3. The van der Waals surface area contributed by atoms with Crippen molar-refractivity contribution in [2.45, 2.75) is 25.2 Å². The maximum Gasteiger partial charge on any atom is 0.244 e. The molecule has 3 aromatic rings. The zero-order valence-electron chi connectivity index (χ0n) is 14.7. The third kappa shape index (κ3) is 3.52. The average molecular weight is 342 g/mol. The number of hydrogen-bond donors (Lipinski definition) is 1. The van der Waals surface area contributed by atoms with E-state index in [1.54, 1.807) is 12.3 Å². The third-order valence-electron chi connectivity index (χ3n) is 5.09. The molecule has 1 aromatic heterocycles. The van der Waals surface area contributed by atoms with Crippen LogP contribution in [0.15, 0.2) is 66.9 Å². The zero-order valence-corrected chi connectivity index (χ0v) is 14.7. The lowest BCUT2D eigenvalue weighted by Crippen LogP contribution is -2.28. The van der Waals surface area contributed by atoms with Crippen molar-refractivity contribution >= 4 is 22.9 Å². The van der Waals surface area contributed by atoms with Crippen LogP contribution in [0.2, 0.25) is 0 Å². The largest absolute Gasteiger partial charge is 0.352 e. The minimum Gasteiger partial charge on any atom is -0.352 e. The van der Waals surface area contributed by atoms with Crippen molar-refractivity contribution in [2.24, 2.45) is 0 Å². The molecule has 26 heavy (non-hydrogen) atoms. The fourth-order valence-electron chi connectivity index (χ4n) is 3.78. The summed E-state index contributed by atoms with van der Waals surface area (Å²) in [6.45, 7) is 0.688. The normalized spacial score (nSPS) is 16.5. The maximum atomic E-state index is 12.3. The lowest BCUT2D eigenvalue weighted by molar-refractivity contribution is -0.116. The van der Waals surface area contributed by atoms with E-state index in [9.17, 15) is 4.79 Å². The summed E-state index contributed by atoms with van der Waals surface area (Å²) in [6, 6.07) is 18.5. The summed E-state index contributed by atoms with van der Waals surface area (Å²) in [7, 11) is 0. The quantitative estimate of drug-likeness (QED) is 0.710. The number of benzene rings is 2. The number of aromatic nitrogens is 1. The highest BCUT2D eigenvalue weighted by Gasteiger charge is 2.19. The van der Waals surface area contributed by atoms with E-state index >= 15 is 0 Å². The zero-order chi connectivity index (χ0) is 17.8. The van der Waals surface area contributed by atoms with E-state index < -0.39 is 0 Å². The molecule has 0 saturated carbocycles. The molecular weight excluding hydrogens is 320 g/mol. The van der Waals surface area contributed by atoms with Crippen LogP contribution in [0.5, 0.6) is 0 Å². The summed E-state index contributed by atoms with van der Waals surface area (Å²) in [5.41, 5.74) is 4.69. The molecule has 1 atom stereocenters. The molecule has 1 heterocycles. The molecule has 0 spiro atoms. The predicted octanol–water partition coefficient (Wildman–Crippen LogP) is 4.48. The van der Waals surface area contributed by atoms with Gasteiger partial charge in [-0.1, -0.05) is 48.5 Å². The van der Waals surface area contributed by atoms with Crippen molar-refractivity contribution in [3.05, 3.63) is 83.6 Å². The topological polar surface area (TPSA) is 42.0 Å². The van der Waals surface area contributed by atoms with Crippen molar-refractivity contribution in [2.75, 3.05) is 6.54 Å². The van der Waals surface area contributed by atoms with Crippen LogP contribution < -0.4 is 5.32 Å². The molecule has 0 saturated heterocycles. The monoisotopic (exact) mass is 342 g/mol. The summed E-state index contributed by atoms with van der Waals surface area (Å²) in [5.74, 6) is 0.359. The molecule has 1 aliphatic rings. The Labute approximate surface area is 153 Å². The van der Waals surface area contributed by atoms with Crippen molar-refractivity contribution in [3.63, 3.8) is 0 Å². The first-order valence-corrected chi connectivity index (χ1v) is 9.19. The van der Waals surface area contributed by atoms with E-state index in [0.29, 0.717) is 12.5 Å². The van der Waals surface area contributed by atoms with E-state index in [-0.39, 0.29) is 5.91 Å². The average Bonchev–Trinajstić information content (AvgIpc) is 2.70. The number of carbonyl (C=O) groups excluding carboxylic acids is 1. The van der Waals surface area contributed by atoms with Crippen molar-refractivity contribution in [1.82, 2.24) is 10.3 Å². The van der Waals surface area contributed by atoms with E-state index in [2.05, 4.69) is 34.6 Å². The summed E-state index contributed by atoms with van der Waals surface area (Å²) < 4.78 is 0. The first-order chi connectivity index (χ1) is 12.8. The molecule has 1 amide bonds. The highest BCUT2D eigenvalue weighted by atomic mass is 16.1. The summed E-state index contributed by atoms with van der Waals surface area (Å²) >= 11 is 0. The highest BCUT2D eigenvalue weighted by Crippen LogP contribution is 2.30. The van der Waals surface area contributed by atoms with Gasteiger partial charge in [-0.05, 0) is 42.5 Å². The second kappa shape index (κ2) is 7.52. The first-order valence-electron chi connectivity index (χ1n) is 9.19. The number of fused-ring (bicyclic) bond motifs is 2. The fraction of sp³-hybridized carbons (Fsp3) is 0.217. The van der Waals surface area contributed by atoms with Gasteiger partial charge in [0.25, 0.3) is 0 Å². The van der Waals surface area contributed by atoms with Gasteiger partial charge in [0.1, 0.15) is 0 Å². The van der Waals surface area contributed by atoms with Gasteiger partial charge in [0, 0.05) is 35.7 Å². The van der Waals surface area contributed by atoms with Crippen LogP contribution in [0.3, 0.4) is 0 Å². The molecule has 1 aliphatic carbocycles. The van der Waals surface area contributed by atoms with Crippen molar-refractivity contribution in [1.29, 1.82) is 0 Å². The Morgan fingerprint density at radius 1 is 1.12 bits per heavy atom. The van der Waals surface area contributed by atoms with Gasteiger partial charge in [0.15, 0.2) is 0 Å². The minimum atomic E-state index is -0.0546. The number of para-hydroxylation sites is 1. The first kappa shape index (κ1) is 16.5. The van der Waals surface area contributed by atoms with Gasteiger partial charge in [0.2, 0.25) is 5.91 Å². The van der Waals surface area contributed by atoms with Crippen molar-refractivity contribution in [3.8, 4) is 0 Å². The Morgan fingerprint density at radius 2 is 2.00 bits per heavy atom. The Kier molecular flexibility index (Phi) is 4.78. The van der Waals surface area contributed by atoms with E-state index in [1.807, 2.05) is 36.4 Å². The van der Waals surface area contributed by atoms with E-state index in [4.69, 9.17) is 0 Å². The number of rotatable bonds is 4. The summed E-state index contributed by atoms with van der Waals surface area (Å²) in [5, 5.41) is 4.14. The summed E-state index contributed by atoms with van der Waals surface area (Å²) in [6.07, 6.45) is 8.70. The molecule has 130 valence electrons. The molecule has 3 nitrogen and oxygen atoms in total. The van der Waals surface area contributed by atoms with Crippen LogP contribution in [0.25, 0.3) is 17.0 Å². The minimum absolute atomic E-state index is 0.0546. The lowest BCUT2D eigenvalue weighted by Gasteiger charge is -2.25. The van der Waals surface area contributed by atoms with Crippen LogP contribution in [-0.4, -0.2) is 17.4 Å². The van der Waals surface area contributed by atoms with Gasteiger partial charge in [-0.25, -0.2) is 0 Å². The van der Waals surface area contributed by atoms with E-state index in [0.717, 1.165) is 29.3 Å². The lowest BCUT2D eigenvalue weighted by atomic mass is 9.83. The number of hydrogen-bond acceptors (Lipinski definition) is 2. The number of nitrogens with zero attached hydrogens (tertiary/aromatic N) is 1. The van der Waals surface area contributed by atoms with Gasteiger partial charge in [-0.3, -0.25) is 9.78 Å². The van der Waals surface area contributed by atoms with Gasteiger partial charge >= 0.3 is 0 Å². The molecule has 4 rings (SSSR count). The molecule has 0 fully saturated rings. The van der Waals surface area contributed by atoms with Gasteiger partial charge < -0.3 is 5.32 Å². The molecule has 0 bridgehead atoms. The number of amides is 1. The number of carbonyl (C=O) groups is 1. The van der Waals surface area contributed by atoms with Crippen LogP contribution in [0, 0.1) is 0 Å². The molecule has 1 N–H and O–H groups in total. The molecule has 0 radical (unpaired) electrons. The molecular formula is C23H22N2O. The van der Waals surface area contributed by atoms with Crippen LogP contribution in [0.4, 0.5) is 0 Å². The van der Waals surface area contributed by atoms with E-state index in [1.165, 1.54) is 17.5 Å². The van der Waals surface area contributed by atoms with Crippen molar-refractivity contribution < 1.29 is 4.79 Å². The number of nitrogens with one attached hydrogen (secondary N) is 1. The van der Waals surface area contributed by atoms with Crippen LogP contribution in [0.1, 0.15) is 35.4 Å². The Hall–Kier alpha value is -2.94. The Balaban J connectivity index is 1.42. The summed E-state index contributed by atoms with van der Waals surface area (Å²) in [4.78, 5) is 16.7. The van der Waals surface area contributed by atoms with Gasteiger partial charge in [0.05, 0.1) is 5.52 Å². The standard InChI is InChI=1S/C23H22N2O/c26-22(14-13-19-9-4-8-18-11-5-15-24-23(18)19)25-16-20-10-3-7-17-6-1-2-12-21(17)20/h1-2,4-6,8-9,11-15,20H,3,7,10,16H2,(H,25,26)/b14-13-/t20-/m1/s1.